The second kappa shape index (κ2) is 11.6. The van der Waals surface area contributed by atoms with Crippen LogP contribution < -0.4 is 0 Å². The second-order valence-corrected chi connectivity index (χ2v) is 5.93. The van der Waals surface area contributed by atoms with E-state index in [0.717, 1.165) is 0 Å². The molecule has 0 heterocycles. The lowest BCUT2D eigenvalue weighted by atomic mass is 10.1. The van der Waals surface area contributed by atoms with E-state index in [0.29, 0.717) is 11.1 Å². The number of hydrogen-bond donors (Lipinski definition) is 0. The molecule has 2 nitrogen and oxygen atoms in total. The van der Waals surface area contributed by atoms with Crippen molar-refractivity contribution < 1.29 is 22.6 Å². The van der Waals surface area contributed by atoms with Crippen LogP contribution in [0, 0.1) is 5.82 Å². The molecule has 0 amide bonds. The number of halogens is 3. The molecule has 1 rings (SSSR count). The molecule has 0 fully saturated rings. The predicted molar refractivity (Wildman–Crippen MR) is 112 cm³/mol. The number of allylic oxidation sites excluding steroid dienone is 7. The summed E-state index contributed by atoms with van der Waals surface area (Å²) in [7, 11) is 0. The molecule has 0 aliphatic rings. The van der Waals surface area contributed by atoms with Crippen LogP contribution in [0.4, 0.5) is 13.2 Å². The molecule has 0 spiro atoms. The Morgan fingerprint density at radius 1 is 1.03 bits per heavy atom. The third-order valence-electron chi connectivity index (χ3n) is 3.71. The van der Waals surface area contributed by atoms with Gasteiger partial charge in [-0.2, -0.15) is 4.39 Å². The van der Waals surface area contributed by atoms with Gasteiger partial charge in [0.15, 0.2) is 11.6 Å². The Kier molecular flexibility index (Phi) is 9.52. The van der Waals surface area contributed by atoms with Gasteiger partial charge in [0.05, 0.1) is 6.61 Å². The van der Waals surface area contributed by atoms with Gasteiger partial charge in [-0.25, -0.2) is 8.78 Å². The van der Waals surface area contributed by atoms with Crippen molar-refractivity contribution in [3.8, 4) is 0 Å². The van der Waals surface area contributed by atoms with E-state index in [9.17, 15) is 13.2 Å². The van der Waals surface area contributed by atoms with Crippen LogP contribution in [0.15, 0.2) is 97.1 Å². The molecule has 0 N–H and O–H groups in total. The van der Waals surface area contributed by atoms with Crippen LogP contribution in [-0.2, 0) is 16.1 Å². The second-order valence-electron chi connectivity index (χ2n) is 5.93. The Morgan fingerprint density at radius 3 is 2.31 bits per heavy atom. The molecule has 1 aromatic rings. The summed E-state index contributed by atoms with van der Waals surface area (Å²) in [6, 6.07) is 4.77. The zero-order valence-corrected chi connectivity index (χ0v) is 16.7. The number of hydrogen-bond acceptors (Lipinski definition) is 2. The van der Waals surface area contributed by atoms with Gasteiger partial charge in [0.25, 0.3) is 0 Å². The van der Waals surface area contributed by atoms with Crippen LogP contribution >= 0.6 is 0 Å². The number of rotatable bonds is 11. The van der Waals surface area contributed by atoms with Gasteiger partial charge in [-0.1, -0.05) is 56.7 Å². The molecule has 0 saturated heterocycles. The minimum Gasteiger partial charge on any atom is -0.491 e. The van der Waals surface area contributed by atoms with Crippen molar-refractivity contribution in [3.63, 3.8) is 0 Å². The zero-order chi connectivity index (χ0) is 22.0. The van der Waals surface area contributed by atoms with Crippen molar-refractivity contribution in [2.75, 3.05) is 6.61 Å². The van der Waals surface area contributed by atoms with E-state index in [4.69, 9.17) is 9.47 Å². The first kappa shape index (κ1) is 23.8. The monoisotopic (exact) mass is 402 g/mol. The largest absolute Gasteiger partial charge is 0.491 e. The van der Waals surface area contributed by atoms with E-state index in [1.165, 1.54) is 18.2 Å². The van der Waals surface area contributed by atoms with E-state index < -0.39 is 17.4 Å². The van der Waals surface area contributed by atoms with Crippen molar-refractivity contribution >= 4 is 6.08 Å². The maximum absolute atomic E-state index is 14.1. The third kappa shape index (κ3) is 7.37. The van der Waals surface area contributed by atoms with Crippen molar-refractivity contribution in [2.45, 2.75) is 20.5 Å². The van der Waals surface area contributed by atoms with Crippen LogP contribution in [0.25, 0.3) is 6.08 Å². The van der Waals surface area contributed by atoms with E-state index in [1.807, 2.05) is 0 Å². The fourth-order valence-corrected chi connectivity index (χ4v) is 2.13. The van der Waals surface area contributed by atoms with Crippen LogP contribution in [0.2, 0.25) is 0 Å². The topological polar surface area (TPSA) is 18.5 Å². The first-order valence-electron chi connectivity index (χ1n) is 8.88. The smallest absolute Gasteiger partial charge is 0.200 e. The molecule has 29 heavy (non-hydrogen) atoms. The van der Waals surface area contributed by atoms with Gasteiger partial charge in [-0.3, -0.25) is 0 Å². The lowest BCUT2D eigenvalue weighted by Gasteiger charge is -2.09. The maximum atomic E-state index is 14.1. The highest BCUT2D eigenvalue weighted by Gasteiger charge is 2.15. The van der Waals surface area contributed by atoms with Gasteiger partial charge in [-0.05, 0) is 37.1 Å². The average molecular weight is 402 g/mol. The van der Waals surface area contributed by atoms with Gasteiger partial charge < -0.3 is 9.47 Å². The molecule has 0 bridgehead atoms. The lowest BCUT2D eigenvalue weighted by Crippen LogP contribution is -1.96. The van der Waals surface area contributed by atoms with Crippen molar-refractivity contribution in [1.29, 1.82) is 0 Å². The third-order valence-corrected chi connectivity index (χ3v) is 3.71. The molecule has 0 unspecified atom stereocenters. The summed E-state index contributed by atoms with van der Waals surface area (Å²) in [6.07, 6.45) is 6.23. The van der Waals surface area contributed by atoms with Crippen LogP contribution in [0.3, 0.4) is 0 Å². The molecule has 154 valence electrons. The fourth-order valence-electron chi connectivity index (χ4n) is 2.13. The van der Waals surface area contributed by atoms with E-state index in [1.54, 1.807) is 38.1 Å². The minimum absolute atomic E-state index is 0.0979. The number of ether oxygens (including phenoxy) is 2. The maximum Gasteiger partial charge on any atom is 0.200 e. The summed E-state index contributed by atoms with van der Waals surface area (Å²) in [5.41, 5.74) is 0.973. The average Bonchev–Trinajstić information content (AvgIpc) is 2.70. The summed E-state index contributed by atoms with van der Waals surface area (Å²) in [5, 5.41) is 0. The standard InChI is InChI=1S/C24H25F3O2/c1-7-9-21-13-12-20(14-22(21)25)15-29-17(4)11-10-16(3)18(5)23(26)24(27)19(6)28-8-2/h7,9-14H,3-6,8,15H2,1-2H3/b9-7+,11-10-,24-23-. The molecule has 0 aliphatic heterocycles. The van der Waals surface area contributed by atoms with Crippen molar-refractivity contribution in [1.82, 2.24) is 0 Å². The molecule has 0 saturated carbocycles. The van der Waals surface area contributed by atoms with Crippen LogP contribution in [0.1, 0.15) is 25.0 Å². The van der Waals surface area contributed by atoms with Gasteiger partial charge in [0.1, 0.15) is 18.2 Å². The molecule has 0 aliphatic carbocycles. The molecule has 0 aromatic heterocycles. The highest BCUT2D eigenvalue weighted by atomic mass is 19.2. The fraction of sp³-hybridized carbons (Fsp3) is 0.167. The first-order chi connectivity index (χ1) is 13.7. The molecule has 1 aromatic carbocycles. The molecule has 0 radical (unpaired) electrons. The Labute approximate surface area is 170 Å². The van der Waals surface area contributed by atoms with Crippen LogP contribution in [-0.4, -0.2) is 6.61 Å². The Hall–Kier alpha value is -3.21. The zero-order valence-electron chi connectivity index (χ0n) is 16.7. The Morgan fingerprint density at radius 2 is 1.72 bits per heavy atom. The molecular formula is C24H25F3O2. The normalized spacial score (nSPS) is 12.0. The van der Waals surface area contributed by atoms with Crippen molar-refractivity contribution in [2.24, 2.45) is 0 Å². The van der Waals surface area contributed by atoms with Crippen LogP contribution in [0.5, 0.6) is 0 Å². The minimum atomic E-state index is -1.23. The van der Waals surface area contributed by atoms with Gasteiger partial charge in [0.2, 0.25) is 5.83 Å². The summed E-state index contributed by atoms with van der Waals surface area (Å²) in [4.78, 5) is 0. The summed E-state index contributed by atoms with van der Waals surface area (Å²) in [5.74, 6) is -2.97. The lowest BCUT2D eigenvalue weighted by molar-refractivity contribution is 0.212. The first-order valence-corrected chi connectivity index (χ1v) is 8.88. The molecule has 5 heteroatoms. The summed E-state index contributed by atoms with van der Waals surface area (Å²) < 4.78 is 52.2. The quantitative estimate of drug-likeness (QED) is 0.286. The Bertz CT molecular complexity index is 889. The SMILES string of the molecule is C=C(/C=C\C(=C)C(=C)/C(F)=C(/F)C(=C)OCC)OCc1ccc(/C=C/C)c(F)c1. The summed E-state index contributed by atoms with van der Waals surface area (Å²) in [6.45, 7) is 17.8. The van der Waals surface area contributed by atoms with Gasteiger partial charge >= 0.3 is 0 Å². The van der Waals surface area contributed by atoms with E-state index in [-0.39, 0.29) is 35.9 Å². The highest BCUT2D eigenvalue weighted by Crippen LogP contribution is 2.27. The Balaban J connectivity index is 2.68. The number of benzene rings is 1. The van der Waals surface area contributed by atoms with E-state index in [2.05, 4.69) is 26.3 Å². The van der Waals surface area contributed by atoms with Gasteiger partial charge in [-0.15, -0.1) is 0 Å². The molecular weight excluding hydrogens is 377 g/mol. The molecule has 0 atom stereocenters. The summed E-state index contributed by atoms with van der Waals surface area (Å²) >= 11 is 0. The van der Waals surface area contributed by atoms with Gasteiger partial charge in [0, 0.05) is 11.1 Å². The van der Waals surface area contributed by atoms with E-state index >= 15 is 0 Å². The van der Waals surface area contributed by atoms with Crippen molar-refractivity contribution in [3.05, 3.63) is 114 Å². The highest BCUT2D eigenvalue weighted by molar-refractivity contribution is 5.50. The predicted octanol–water partition coefficient (Wildman–Crippen LogP) is 7.26.